The number of amides is 1. The van der Waals surface area contributed by atoms with Gasteiger partial charge in [0.1, 0.15) is 5.69 Å². The van der Waals surface area contributed by atoms with Crippen LogP contribution in [0.1, 0.15) is 28.5 Å². The zero-order chi connectivity index (χ0) is 23.3. The molecule has 12 heteroatoms. The van der Waals surface area contributed by atoms with Gasteiger partial charge in [0.2, 0.25) is 5.88 Å². The lowest BCUT2D eigenvalue weighted by atomic mass is 10.0. The van der Waals surface area contributed by atoms with E-state index < -0.39 is 21.7 Å². The van der Waals surface area contributed by atoms with E-state index >= 15 is 0 Å². The second kappa shape index (κ2) is 9.64. The fourth-order valence-corrected chi connectivity index (χ4v) is 3.43. The summed E-state index contributed by atoms with van der Waals surface area (Å²) in [7, 11) is -4.81. The molecule has 1 amide bonds. The largest absolute Gasteiger partial charge is 0.477 e. The van der Waals surface area contributed by atoms with Crippen LogP contribution in [0.4, 0.5) is 14.5 Å². The van der Waals surface area contributed by atoms with Crippen LogP contribution in [0.15, 0.2) is 48.9 Å². The molecule has 0 atom stereocenters. The number of alkyl halides is 2. The van der Waals surface area contributed by atoms with Gasteiger partial charge in [0.15, 0.2) is 0 Å². The first-order valence-corrected chi connectivity index (χ1v) is 10.9. The number of nitrogens with one attached hydrogen (secondary N) is 1. The Morgan fingerprint density at radius 2 is 2.00 bits per heavy atom. The second-order valence-electron chi connectivity index (χ2n) is 6.56. The van der Waals surface area contributed by atoms with Gasteiger partial charge in [-0.25, -0.2) is 13.4 Å². The minimum absolute atomic E-state index is 0.0150. The van der Waals surface area contributed by atoms with Gasteiger partial charge in [-0.3, -0.25) is 19.5 Å². The van der Waals surface area contributed by atoms with Gasteiger partial charge in [0.25, 0.3) is 15.9 Å². The average molecular weight is 463 g/mol. The monoisotopic (exact) mass is 463 g/mol. The van der Waals surface area contributed by atoms with Crippen molar-refractivity contribution in [1.29, 1.82) is 0 Å². The number of rotatable bonds is 9. The number of hydrogen-bond acceptors (Lipinski definition) is 7. The maximum atomic E-state index is 12.6. The Hall–Kier alpha value is -3.67. The molecule has 2 aromatic heterocycles. The minimum atomic E-state index is -4.81. The topological polar surface area (TPSA) is 137 Å². The SMILES string of the molecule is CCOc1cncc(-c2cnc(C(N)=O)c(Cc3cccc(NS(=O)(=O)C(F)F)c3)c2)n1. The first kappa shape index (κ1) is 23.0. The van der Waals surface area contributed by atoms with Crippen molar-refractivity contribution in [3.05, 3.63) is 65.7 Å². The van der Waals surface area contributed by atoms with Crippen molar-refractivity contribution in [1.82, 2.24) is 15.0 Å². The Kier molecular flexibility index (Phi) is 6.93. The average Bonchev–Trinajstić information content (AvgIpc) is 2.74. The molecule has 0 aliphatic heterocycles. The van der Waals surface area contributed by atoms with Crippen molar-refractivity contribution in [2.75, 3.05) is 11.3 Å². The lowest BCUT2D eigenvalue weighted by Crippen LogP contribution is -2.20. The maximum Gasteiger partial charge on any atom is 0.355 e. The summed E-state index contributed by atoms with van der Waals surface area (Å²) in [6.07, 6.45) is 4.52. The van der Waals surface area contributed by atoms with Gasteiger partial charge in [-0.1, -0.05) is 12.1 Å². The number of benzene rings is 1. The number of carbonyl (C=O) groups is 1. The number of halogens is 2. The molecule has 0 spiro atoms. The van der Waals surface area contributed by atoms with Crippen LogP contribution >= 0.6 is 0 Å². The van der Waals surface area contributed by atoms with Crippen molar-refractivity contribution in [3.63, 3.8) is 0 Å². The van der Waals surface area contributed by atoms with Crippen LogP contribution in [-0.4, -0.2) is 41.6 Å². The molecule has 168 valence electrons. The number of anilines is 1. The summed E-state index contributed by atoms with van der Waals surface area (Å²) in [6.45, 7) is 2.22. The Morgan fingerprint density at radius 3 is 2.69 bits per heavy atom. The first-order valence-electron chi connectivity index (χ1n) is 9.32. The quantitative estimate of drug-likeness (QED) is 0.497. The highest BCUT2D eigenvalue weighted by Crippen LogP contribution is 2.24. The Labute approximate surface area is 182 Å². The van der Waals surface area contributed by atoms with Gasteiger partial charge in [-0.15, -0.1) is 0 Å². The predicted molar refractivity (Wildman–Crippen MR) is 113 cm³/mol. The van der Waals surface area contributed by atoms with Crippen molar-refractivity contribution in [2.45, 2.75) is 19.1 Å². The molecule has 1 aromatic carbocycles. The third-order valence-corrected chi connectivity index (χ3v) is 5.21. The normalized spacial score (nSPS) is 11.4. The van der Waals surface area contributed by atoms with E-state index in [2.05, 4.69) is 15.0 Å². The number of primary amides is 1. The third kappa shape index (κ3) is 5.52. The van der Waals surface area contributed by atoms with E-state index in [-0.39, 0.29) is 17.8 Å². The van der Waals surface area contributed by atoms with Crippen LogP contribution in [0.5, 0.6) is 5.88 Å². The molecule has 3 aromatic rings. The summed E-state index contributed by atoms with van der Waals surface area (Å²) >= 11 is 0. The van der Waals surface area contributed by atoms with Gasteiger partial charge in [-0.2, -0.15) is 8.78 Å². The van der Waals surface area contributed by atoms with Crippen LogP contribution in [0, 0.1) is 0 Å². The number of aromatic nitrogens is 3. The molecule has 0 saturated carbocycles. The predicted octanol–water partition coefficient (Wildman–Crippen LogP) is 2.59. The summed E-state index contributed by atoms with van der Waals surface area (Å²) in [5, 5.41) is 0. The van der Waals surface area contributed by atoms with E-state index in [0.29, 0.717) is 34.9 Å². The molecule has 3 N–H and O–H groups in total. The maximum absolute atomic E-state index is 12.6. The lowest BCUT2D eigenvalue weighted by molar-refractivity contribution is 0.0994. The number of sulfonamides is 1. The van der Waals surface area contributed by atoms with E-state index in [0.717, 1.165) is 0 Å². The zero-order valence-corrected chi connectivity index (χ0v) is 17.6. The fraction of sp³-hybridized carbons (Fsp3) is 0.200. The fourth-order valence-electron chi connectivity index (χ4n) is 2.89. The first-order chi connectivity index (χ1) is 15.2. The van der Waals surface area contributed by atoms with Gasteiger partial charge in [0.05, 0.1) is 24.7 Å². The number of nitrogens with zero attached hydrogens (tertiary/aromatic N) is 3. The van der Waals surface area contributed by atoms with E-state index in [9.17, 15) is 22.0 Å². The van der Waals surface area contributed by atoms with Gasteiger partial charge in [0, 0.05) is 17.4 Å². The minimum Gasteiger partial charge on any atom is -0.477 e. The molecule has 3 rings (SSSR count). The van der Waals surface area contributed by atoms with Crippen LogP contribution in [0.2, 0.25) is 0 Å². The van der Waals surface area contributed by atoms with E-state index in [4.69, 9.17) is 10.5 Å². The summed E-state index contributed by atoms with van der Waals surface area (Å²) < 4.78 is 55.3. The molecular formula is C20H19F2N5O4S. The standard InChI is InChI=1S/C20H19F2N5O4S/c1-2-31-17-11-24-10-16(26-17)14-8-13(18(19(23)28)25-9-14)6-12-4-3-5-15(7-12)27-32(29,30)20(21)22/h3-5,7-11,20,27H,2,6H2,1H3,(H2,23,28). The molecule has 0 fully saturated rings. The van der Waals surface area contributed by atoms with Gasteiger partial charge in [-0.05, 0) is 42.7 Å². The molecule has 9 nitrogen and oxygen atoms in total. The van der Waals surface area contributed by atoms with E-state index in [1.807, 2.05) is 11.6 Å². The summed E-state index contributed by atoms with van der Waals surface area (Å²) in [5.74, 6) is -4.00. The number of pyridine rings is 1. The molecule has 0 unspecified atom stereocenters. The summed E-state index contributed by atoms with van der Waals surface area (Å²) in [5.41, 5.74) is 7.40. The second-order valence-corrected chi connectivity index (χ2v) is 8.21. The van der Waals surface area contributed by atoms with Crippen LogP contribution < -0.4 is 15.2 Å². The number of ether oxygens (including phenoxy) is 1. The highest BCUT2D eigenvalue weighted by molar-refractivity contribution is 7.93. The smallest absolute Gasteiger partial charge is 0.355 e. The van der Waals surface area contributed by atoms with Crippen LogP contribution in [0.3, 0.4) is 0 Å². The highest BCUT2D eigenvalue weighted by Gasteiger charge is 2.23. The molecule has 0 bridgehead atoms. The van der Waals surface area contributed by atoms with Crippen LogP contribution in [-0.2, 0) is 16.4 Å². The highest BCUT2D eigenvalue weighted by atomic mass is 32.2. The van der Waals surface area contributed by atoms with Crippen molar-refractivity contribution < 1.29 is 26.7 Å². The molecule has 0 aliphatic rings. The Balaban J connectivity index is 1.95. The molecule has 0 saturated heterocycles. The van der Waals surface area contributed by atoms with E-state index in [1.165, 1.54) is 36.8 Å². The number of carbonyl (C=O) groups excluding carboxylic acids is 1. The van der Waals surface area contributed by atoms with Crippen molar-refractivity contribution in [2.24, 2.45) is 5.73 Å². The molecular weight excluding hydrogens is 444 g/mol. The van der Waals surface area contributed by atoms with E-state index in [1.54, 1.807) is 12.1 Å². The Bertz CT molecular complexity index is 1240. The Morgan fingerprint density at radius 1 is 1.22 bits per heavy atom. The van der Waals surface area contributed by atoms with Gasteiger partial charge >= 0.3 is 5.76 Å². The molecule has 0 radical (unpaired) electrons. The number of nitrogens with two attached hydrogens (primary N) is 1. The molecule has 0 aliphatic carbocycles. The van der Waals surface area contributed by atoms with Gasteiger partial charge < -0.3 is 10.5 Å². The summed E-state index contributed by atoms with van der Waals surface area (Å²) in [4.78, 5) is 24.4. The van der Waals surface area contributed by atoms with Crippen molar-refractivity contribution in [3.8, 4) is 17.1 Å². The summed E-state index contributed by atoms with van der Waals surface area (Å²) in [6, 6.07) is 7.52. The van der Waals surface area contributed by atoms with Crippen LogP contribution in [0.25, 0.3) is 11.3 Å². The number of hydrogen-bond donors (Lipinski definition) is 2. The molecule has 2 heterocycles. The lowest BCUT2D eigenvalue weighted by Gasteiger charge is -2.11. The third-order valence-electron chi connectivity index (χ3n) is 4.22. The van der Waals surface area contributed by atoms with Crippen molar-refractivity contribution >= 4 is 21.6 Å². The molecule has 32 heavy (non-hydrogen) atoms. The zero-order valence-electron chi connectivity index (χ0n) is 16.8.